The van der Waals surface area contributed by atoms with E-state index in [2.05, 4.69) is 10.1 Å². The van der Waals surface area contributed by atoms with E-state index in [-0.39, 0.29) is 6.42 Å². The summed E-state index contributed by atoms with van der Waals surface area (Å²) in [6, 6.07) is -0.560. The normalized spacial score (nSPS) is 14.1. The maximum atomic E-state index is 13.1. The second-order valence-corrected chi connectivity index (χ2v) is 3.29. The SMILES string of the molecule is CN[C@@H](CC(C)(C)F)C(=O)OC. The molecule has 72 valence electrons. The molecular formula is C8H16FNO2. The van der Waals surface area contributed by atoms with E-state index in [9.17, 15) is 9.18 Å². The Morgan fingerprint density at radius 1 is 1.67 bits per heavy atom. The number of likely N-dealkylation sites (N-methyl/N-ethyl adjacent to an activating group) is 1. The van der Waals surface area contributed by atoms with Gasteiger partial charge in [-0.1, -0.05) is 0 Å². The summed E-state index contributed by atoms with van der Waals surface area (Å²) < 4.78 is 17.6. The van der Waals surface area contributed by atoms with Crippen LogP contribution >= 0.6 is 0 Å². The molecule has 0 spiro atoms. The van der Waals surface area contributed by atoms with Crippen LogP contribution in [0.25, 0.3) is 0 Å². The summed E-state index contributed by atoms with van der Waals surface area (Å²) >= 11 is 0. The second kappa shape index (κ2) is 4.40. The van der Waals surface area contributed by atoms with Crippen molar-refractivity contribution >= 4 is 5.97 Å². The lowest BCUT2D eigenvalue weighted by atomic mass is 10.0. The van der Waals surface area contributed by atoms with Crippen molar-refractivity contribution in [2.75, 3.05) is 14.2 Å². The number of methoxy groups -OCH3 is 1. The Morgan fingerprint density at radius 3 is 2.42 bits per heavy atom. The van der Waals surface area contributed by atoms with Crippen LogP contribution in [0.4, 0.5) is 4.39 Å². The van der Waals surface area contributed by atoms with Gasteiger partial charge in [0.15, 0.2) is 0 Å². The number of alkyl halides is 1. The topological polar surface area (TPSA) is 38.3 Å². The third kappa shape index (κ3) is 4.28. The van der Waals surface area contributed by atoms with Gasteiger partial charge < -0.3 is 10.1 Å². The fourth-order valence-electron chi connectivity index (χ4n) is 0.931. The first-order chi connectivity index (χ1) is 5.40. The molecule has 4 heteroatoms. The molecule has 0 aromatic carbocycles. The third-order valence-electron chi connectivity index (χ3n) is 1.52. The highest BCUT2D eigenvalue weighted by Crippen LogP contribution is 2.16. The van der Waals surface area contributed by atoms with E-state index in [1.165, 1.54) is 21.0 Å². The molecule has 0 saturated heterocycles. The van der Waals surface area contributed by atoms with Crippen molar-refractivity contribution in [1.29, 1.82) is 0 Å². The van der Waals surface area contributed by atoms with E-state index in [4.69, 9.17) is 0 Å². The highest BCUT2D eigenvalue weighted by atomic mass is 19.1. The summed E-state index contributed by atoms with van der Waals surface area (Å²) in [4.78, 5) is 11.0. The van der Waals surface area contributed by atoms with Gasteiger partial charge in [-0.25, -0.2) is 4.39 Å². The number of nitrogens with one attached hydrogen (secondary N) is 1. The van der Waals surface area contributed by atoms with Crippen molar-refractivity contribution in [3.63, 3.8) is 0 Å². The lowest BCUT2D eigenvalue weighted by Crippen LogP contribution is -2.39. The van der Waals surface area contributed by atoms with Crippen LogP contribution in [0.2, 0.25) is 0 Å². The molecule has 12 heavy (non-hydrogen) atoms. The Balaban J connectivity index is 4.09. The minimum atomic E-state index is -1.36. The van der Waals surface area contributed by atoms with Crippen molar-refractivity contribution < 1.29 is 13.9 Å². The van der Waals surface area contributed by atoms with Crippen LogP contribution in [0, 0.1) is 0 Å². The zero-order chi connectivity index (χ0) is 9.78. The number of carbonyl (C=O) groups excluding carboxylic acids is 1. The van der Waals surface area contributed by atoms with Crippen molar-refractivity contribution in [2.45, 2.75) is 32.0 Å². The van der Waals surface area contributed by atoms with Crippen LogP contribution in [0.3, 0.4) is 0 Å². The Hall–Kier alpha value is -0.640. The Labute approximate surface area is 72.3 Å². The van der Waals surface area contributed by atoms with E-state index >= 15 is 0 Å². The first-order valence-electron chi connectivity index (χ1n) is 3.84. The van der Waals surface area contributed by atoms with Crippen LogP contribution < -0.4 is 5.32 Å². The molecule has 0 fully saturated rings. The third-order valence-corrected chi connectivity index (χ3v) is 1.52. The molecule has 0 aliphatic carbocycles. The minimum absolute atomic E-state index is 0.121. The molecule has 0 saturated carbocycles. The lowest BCUT2D eigenvalue weighted by molar-refractivity contribution is -0.144. The summed E-state index contributed by atoms with van der Waals surface area (Å²) in [7, 11) is 2.89. The van der Waals surface area contributed by atoms with Crippen LogP contribution in [0.5, 0.6) is 0 Å². The maximum absolute atomic E-state index is 13.1. The van der Waals surface area contributed by atoms with Gasteiger partial charge in [0.2, 0.25) is 0 Å². The van der Waals surface area contributed by atoms with Gasteiger partial charge in [0.05, 0.1) is 7.11 Å². The number of hydrogen-bond acceptors (Lipinski definition) is 3. The zero-order valence-electron chi connectivity index (χ0n) is 7.98. The van der Waals surface area contributed by atoms with E-state index in [0.29, 0.717) is 0 Å². The number of carbonyl (C=O) groups is 1. The molecule has 0 rings (SSSR count). The minimum Gasteiger partial charge on any atom is -0.468 e. The summed E-state index contributed by atoms with van der Waals surface area (Å²) in [5.41, 5.74) is -1.36. The van der Waals surface area contributed by atoms with Crippen LogP contribution in [-0.2, 0) is 9.53 Å². The average Bonchev–Trinajstić information content (AvgIpc) is 1.97. The Kier molecular flexibility index (Phi) is 4.17. The standard InChI is InChI=1S/C8H16FNO2/c1-8(2,9)5-6(10-3)7(11)12-4/h6,10H,5H2,1-4H3/t6-/m0/s1. The monoisotopic (exact) mass is 177 g/mol. The summed E-state index contributed by atoms with van der Waals surface area (Å²) in [5, 5.41) is 2.69. The molecule has 0 radical (unpaired) electrons. The van der Waals surface area contributed by atoms with Gasteiger partial charge in [0.1, 0.15) is 11.7 Å². The van der Waals surface area contributed by atoms with E-state index in [0.717, 1.165) is 0 Å². The molecule has 0 heterocycles. The molecule has 0 aliphatic rings. The van der Waals surface area contributed by atoms with Gasteiger partial charge in [-0.15, -0.1) is 0 Å². The number of rotatable bonds is 4. The van der Waals surface area contributed by atoms with Crippen molar-refractivity contribution in [3.8, 4) is 0 Å². The first kappa shape index (κ1) is 11.4. The molecule has 0 bridgehead atoms. The molecule has 3 nitrogen and oxygen atoms in total. The van der Waals surface area contributed by atoms with Crippen molar-refractivity contribution in [1.82, 2.24) is 5.32 Å². The van der Waals surface area contributed by atoms with Gasteiger partial charge in [-0.3, -0.25) is 4.79 Å². The van der Waals surface area contributed by atoms with Crippen molar-refractivity contribution in [2.24, 2.45) is 0 Å². The molecular weight excluding hydrogens is 161 g/mol. The molecule has 1 atom stereocenters. The van der Waals surface area contributed by atoms with Gasteiger partial charge in [-0.2, -0.15) is 0 Å². The predicted octanol–water partition coefficient (Wildman–Crippen LogP) is 0.886. The van der Waals surface area contributed by atoms with Crippen LogP contribution in [0.1, 0.15) is 20.3 Å². The van der Waals surface area contributed by atoms with E-state index < -0.39 is 17.7 Å². The predicted molar refractivity (Wildman–Crippen MR) is 44.7 cm³/mol. The number of halogens is 1. The van der Waals surface area contributed by atoms with Gasteiger partial charge in [-0.05, 0) is 20.9 Å². The summed E-state index contributed by atoms with van der Waals surface area (Å²) in [5.74, 6) is -0.428. The van der Waals surface area contributed by atoms with Gasteiger partial charge in [0, 0.05) is 6.42 Å². The quantitative estimate of drug-likeness (QED) is 0.648. The Morgan fingerprint density at radius 2 is 2.17 bits per heavy atom. The highest BCUT2D eigenvalue weighted by Gasteiger charge is 2.26. The van der Waals surface area contributed by atoms with Crippen LogP contribution in [-0.4, -0.2) is 31.8 Å². The number of esters is 1. The summed E-state index contributed by atoms with van der Waals surface area (Å²) in [6.07, 6.45) is 0.121. The largest absolute Gasteiger partial charge is 0.468 e. The lowest BCUT2D eigenvalue weighted by Gasteiger charge is -2.20. The molecule has 1 N–H and O–H groups in total. The summed E-state index contributed by atoms with van der Waals surface area (Å²) in [6.45, 7) is 2.86. The fourth-order valence-corrected chi connectivity index (χ4v) is 0.931. The zero-order valence-corrected chi connectivity index (χ0v) is 7.98. The van der Waals surface area contributed by atoms with Gasteiger partial charge in [0.25, 0.3) is 0 Å². The van der Waals surface area contributed by atoms with Gasteiger partial charge >= 0.3 is 5.97 Å². The molecule has 0 aromatic heterocycles. The average molecular weight is 177 g/mol. The maximum Gasteiger partial charge on any atom is 0.322 e. The van der Waals surface area contributed by atoms with E-state index in [1.54, 1.807) is 7.05 Å². The van der Waals surface area contributed by atoms with Crippen molar-refractivity contribution in [3.05, 3.63) is 0 Å². The Bertz CT molecular complexity index is 154. The van der Waals surface area contributed by atoms with E-state index in [1.807, 2.05) is 0 Å². The first-order valence-corrected chi connectivity index (χ1v) is 3.84. The smallest absolute Gasteiger partial charge is 0.322 e. The highest BCUT2D eigenvalue weighted by molar-refractivity contribution is 5.75. The molecule has 0 amide bonds. The number of ether oxygens (including phenoxy) is 1. The molecule has 0 aromatic rings. The number of hydrogen-bond donors (Lipinski definition) is 1. The fraction of sp³-hybridized carbons (Fsp3) is 0.875. The second-order valence-electron chi connectivity index (χ2n) is 3.29. The van der Waals surface area contributed by atoms with Crippen LogP contribution in [0.15, 0.2) is 0 Å². The molecule has 0 aliphatic heterocycles. The molecule has 0 unspecified atom stereocenters.